The second-order valence-corrected chi connectivity index (χ2v) is 8.65. The summed E-state index contributed by atoms with van der Waals surface area (Å²) in [5.41, 5.74) is 8.93. The molecule has 0 fully saturated rings. The van der Waals surface area contributed by atoms with Gasteiger partial charge in [-0.2, -0.15) is 0 Å². The van der Waals surface area contributed by atoms with E-state index in [1.807, 2.05) is 48.5 Å². The number of rotatable bonds is 3. The van der Waals surface area contributed by atoms with Gasteiger partial charge in [0.15, 0.2) is 0 Å². The van der Waals surface area contributed by atoms with E-state index in [-0.39, 0.29) is 5.75 Å². The van der Waals surface area contributed by atoms with Crippen LogP contribution < -0.4 is 10.9 Å². The van der Waals surface area contributed by atoms with Gasteiger partial charge in [-0.05, 0) is 60.7 Å². The van der Waals surface area contributed by atoms with Gasteiger partial charge >= 0.3 is 0 Å². The van der Waals surface area contributed by atoms with Crippen LogP contribution >= 0.6 is 11.8 Å². The number of nitrogens with one attached hydrogen (secondary N) is 2. The molecule has 0 saturated carbocycles. The van der Waals surface area contributed by atoms with E-state index in [9.17, 15) is 14.7 Å². The van der Waals surface area contributed by atoms with Gasteiger partial charge in [0.2, 0.25) is 0 Å². The van der Waals surface area contributed by atoms with Crippen molar-refractivity contribution in [1.29, 1.82) is 0 Å². The summed E-state index contributed by atoms with van der Waals surface area (Å²) in [5.74, 6) is -0.667. The lowest BCUT2D eigenvalue weighted by atomic mass is 10.0. The number of carbonyl (C=O) groups is 2. The van der Waals surface area contributed by atoms with Crippen LogP contribution in [0.25, 0.3) is 0 Å². The van der Waals surface area contributed by atoms with E-state index in [0.29, 0.717) is 16.8 Å². The number of fused-ring (bicyclic) bond motifs is 2. The van der Waals surface area contributed by atoms with Crippen LogP contribution in [-0.2, 0) is 0 Å². The van der Waals surface area contributed by atoms with E-state index in [1.54, 1.807) is 60.3 Å². The van der Waals surface area contributed by atoms with Gasteiger partial charge in [0.25, 0.3) is 11.8 Å². The number of phenolic OH excluding ortho intramolecular Hbond substituents is 1. The molecule has 0 saturated heterocycles. The Bertz CT molecular complexity index is 1420. The molecule has 0 atom stereocenters. The molecule has 0 aromatic heterocycles. The molecular weight excluding hydrogens is 446 g/mol. The van der Waals surface area contributed by atoms with Crippen LogP contribution in [0.4, 0.5) is 5.69 Å². The number of nitrogens with zero attached hydrogens (tertiary/aromatic N) is 1. The van der Waals surface area contributed by atoms with Crippen LogP contribution in [-0.4, -0.2) is 22.6 Å². The summed E-state index contributed by atoms with van der Waals surface area (Å²) in [5, 5.41) is 9.71. The van der Waals surface area contributed by atoms with E-state index < -0.39 is 11.8 Å². The van der Waals surface area contributed by atoms with Gasteiger partial charge in [-0.1, -0.05) is 48.2 Å². The molecular formula is C27H19N3O3S. The van der Waals surface area contributed by atoms with Gasteiger partial charge in [0, 0.05) is 32.0 Å². The number of phenols is 1. The number of carbonyl (C=O) groups excluding carboxylic acids is 2. The highest BCUT2D eigenvalue weighted by molar-refractivity contribution is 7.99. The zero-order valence-corrected chi connectivity index (χ0v) is 18.7. The van der Waals surface area contributed by atoms with Crippen LogP contribution in [0.2, 0.25) is 0 Å². The van der Waals surface area contributed by atoms with Crippen LogP contribution in [0.1, 0.15) is 31.8 Å². The van der Waals surface area contributed by atoms with E-state index in [4.69, 9.17) is 4.99 Å². The highest BCUT2D eigenvalue weighted by Gasteiger charge is 2.20. The quantitative estimate of drug-likeness (QED) is 0.323. The van der Waals surface area contributed by atoms with E-state index in [2.05, 4.69) is 10.9 Å². The Labute approximate surface area is 200 Å². The standard InChI is InChI=1S/C27H19N3O3S/c31-20-13-10-17(11-14-20)25-21-8-4-5-9-23(21)34-24-15-12-19(16-22(24)28-25)27(33)30-29-26(32)18-6-2-1-3-7-18/h1-16,31H,(H,29,32)(H,30,33). The Morgan fingerprint density at radius 3 is 2.15 bits per heavy atom. The topological polar surface area (TPSA) is 90.8 Å². The molecule has 7 heteroatoms. The molecule has 0 radical (unpaired) electrons. The average Bonchev–Trinajstić information content (AvgIpc) is 3.04. The number of hydrogen-bond acceptors (Lipinski definition) is 5. The first-order chi connectivity index (χ1) is 16.6. The number of hydrazine groups is 1. The minimum atomic E-state index is -0.444. The molecule has 0 aliphatic carbocycles. The molecule has 166 valence electrons. The van der Waals surface area contributed by atoms with E-state index >= 15 is 0 Å². The summed E-state index contributed by atoms with van der Waals surface area (Å²) >= 11 is 1.58. The maximum atomic E-state index is 12.8. The first kappa shape index (κ1) is 21.5. The van der Waals surface area contributed by atoms with E-state index in [0.717, 1.165) is 26.6 Å². The van der Waals surface area contributed by atoms with Crippen LogP contribution in [0.3, 0.4) is 0 Å². The Kier molecular flexibility index (Phi) is 5.84. The minimum Gasteiger partial charge on any atom is -0.508 e. The van der Waals surface area contributed by atoms with Crippen molar-refractivity contribution in [3.05, 3.63) is 119 Å². The molecule has 1 aliphatic heterocycles. The predicted molar refractivity (Wildman–Crippen MR) is 132 cm³/mol. The molecule has 4 aromatic carbocycles. The van der Waals surface area contributed by atoms with Gasteiger partial charge < -0.3 is 5.11 Å². The zero-order valence-electron chi connectivity index (χ0n) is 17.9. The number of aromatic hydroxyl groups is 1. The summed E-state index contributed by atoms with van der Waals surface area (Å²) in [7, 11) is 0. The fourth-order valence-corrected chi connectivity index (χ4v) is 4.57. The van der Waals surface area contributed by atoms with Crippen LogP contribution in [0.15, 0.2) is 112 Å². The summed E-state index contributed by atoms with van der Waals surface area (Å²) < 4.78 is 0. The minimum absolute atomic E-state index is 0.178. The lowest BCUT2D eigenvalue weighted by Gasteiger charge is -2.09. The second kappa shape index (κ2) is 9.25. The van der Waals surface area contributed by atoms with Crippen LogP contribution in [0.5, 0.6) is 5.75 Å². The molecule has 2 amide bonds. The lowest BCUT2D eigenvalue weighted by molar-refractivity contribution is 0.0846. The summed E-state index contributed by atoms with van der Waals surface area (Å²) in [6.45, 7) is 0. The number of benzene rings is 4. The highest BCUT2D eigenvalue weighted by atomic mass is 32.2. The van der Waals surface area contributed by atoms with Crippen molar-refractivity contribution in [2.45, 2.75) is 9.79 Å². The molecule has 0 spiro atoms. The molecule has 0 bridgehead atoms. The van der Waals surface area contributed by atoms with Crippen molar-refractivity contribution >= 4 is 35.0 Å². The molecule has 3 N–H and O–H groups in total. The average molecular weight is 466 g/mol. The van der Waals surface area contributed by atoms with Crippen molar-refractivity contribution in [3.8, 4) is 5.75 Å². The smallest absolute Gasteiger partial charge is 0.269 e. The summed E-state index contributed by atoms with van der Waals surface area (Å²) in [6.07, 6.45) is 0. The number of amides is 2. The normalized spacial score (nSPS) is 11.9. The number of aliphatic imine (C=N–C) groups is 1. The Balaban J connectivity index is 1.46. The molecule has 5 rings (SSSR count). The molecule has 4 aromatic rings. The van der Waals surface area contributed by atoms with Crippen molar-refractivity contribution in [1.82, 2.24) is 10.9 Å². The zero-order chi connectivity index (χ0) is 23.5. The van der Waals surface area contributed by atoms with Crippen molar-refractivity contribution in [2.24, 2.45) is 4.99 Å². The van der Waals surface area contributed by atoms with E-state index in [1.165, 1.54) is 0 Å². The summed E-state index contributed by atoms with van der Waals surface area (Å²) in [4.78, 5) is 31.9. The third-order valence-corrected chi connectivity index (χ3v) is 6.42. The van der Waals surface area contributed by atoms with Crippen LogP contribution in [0, 0.1) is 0 Å². The fourth-order valence-electron chi connectivity index (χ4n) is 3.57. The third-order valence-electron chi connectivity index (χ3n) is 5.28. The first-order valence-corrected chi connectivity index (χ1v) is 11.4. The van der Waals surface area contributed by atoms with Crippen molar-refractivity contribution in [2.75, 3.05) is 0 Å². The predicted octanol–water partition coefficient (Wildman–Crippen LogP) is 5.10. The third kappa shape index (κ3) is 4.42. The van der Waals surface area contributed by atoms with Gasteiger partial charge in [-0.15, -0.1) is 0 Å². The van der Waals surface area contributed by atoms with Crippen molar-refractivity contribution < 1.29 is 14.7 Å². The lowest BCUT2D eigenvalue weighted by Crippen LogP contribution is -2.41. The van der Waals surface area contributed by atoms with Gasteiger partial charge in [0.05, 0.1) is 11.4 Å². The monoisotopic (exact) mass is 465 g/mol. The first-order valence-electron chi connectivity index (χ1n) is 10.5. The molecule has 1 heterocycles. The van der Waals surface area contributed by atoms with Crippen molar-refractivity contribution in [3.63, 3.8) is 0 Å². The second-order valence-electron chi connectivity index (χ2n) is 7.56. The molecule has 34 heavy (non-hydrogen) atoms. The largest absolute Gasteiger partial charge is 0.508 e. The fraction of sp³-hybridized carbons (Fsp3) is 0. The maximum Gasteiger partial charge on any atom is 0.269 e. The molecule has 1 aliphatic rings. The number of hydrogen-bond donors (Lipinski definition) is 3. The SMILES string of the molecule is O=C(NNC(=O)c1ccc2c(c1)N=C(c1ccc(O)cc1)c1ccccc1S2)c1ccccc1. The Hall–Kier alpha value is -4.36. The Morgan fingerprint density at radius 1 is 0.706 bits per heavy atom. The Morgan fingerprint density at radius 2 is 1.38 bits per heavy atom. The molecule has 0 unspecified atom stereocenters. The summed E-state index contributed by atoms with van der Waals surface area (Å²) in [6, 6.07) is 28.8. The van der Waals surface area contributed by atoms with Gasteiger partial charge in [-0.25, -0.2) is 4.99 Å². The molecule has 6 nitrogen and oxygen atoms in total. The maximum absolute atomic E-state index is 12.8. The van der Waals surface area contributed by atoms with Gasteiger partial charge in [0.1, 0.15) is 5.75 Å². The van der Waals surface area contributed by atoms with Gasteiger partial charge in [-0.3, -0.25) is 20.4 Å². The highest BCUT2D eigenvalue weighted by Crippen LogP contribution is 2.41.